The van der Waals surface area contributed by atoms with E-state index in [1.807, 2.05) is 52.0 Å². The van der Waals surface area contributed by atoms with Crippen LogP contribution in [-0.4, -0.2) is 31.8 Å². The second-order valence-electron chi connectivity index (χ2n) is 7.96. The maximum atomic E-state index is 12.9. The second kappa shape index (κ2) is 8.67. The standard InChI is InChI=1S/C23H29NO4S/c1-16-5-6-18(3)21(13-16)15-28-23(25)20-9-11-24(12-10-20)29(26,27)22-8-7-17(2)19(4)14-22/h5-8,13-14,20H,9-12,15H2,1-4H3. The van der Waals surface area contributed by atoms with Crippen molar-refractivity contribution in [1.82, 2.24) is 4.31 Å². The van der Waals surface area contributed by atoms with Crippen molar-refractivity contribution in [3.8, 4) is 0 Å². The number of carbonyl (C=O) groups is 1. The van der Waals surface area contributed by atoms with E-state index < -0.39 is 10.0 Å². The lowest BCUT2D eigenvalue weighted by atomic mass is 9.98. The van der Waals surface area contributed by atoms with Crippen LogP contribution in [0.1, 0.15) is 40.7 Å². The van der Waals surface area contributed by atoms with E-state index in [-0.39, 0.29) is 18.5 Å². The molecular formula is C23H29NO4S. The summed E-state index contributed by atoms with van der Waals surface area (Å²) in [5, 5.41) is 0. The molecule has 5 nitrogen and oxygen atoms in total. The molecule has 0 unspecified atom stereocenters. The maximum Gasteiger partial charge on any atom is 0.309 e. The van der Waals surface area contributed by atoms with Gasteiger partial charge in [0.2, 0.25) is 10.0 Å². The van der Waals surface area contributed by atoms with Crippen LogP contribution in [0.15, 0.2) is 41.3 Å². The molecule has 0 amide bonds. The van der Waals surface area contributed by atoms with E-state index in [1.54, 1.807) is 12.1 Å². The maximum absolute atomic E-state index is 12.9. The fourth-order valence-corrected chi connectivity index (χ4v) is 5.13. The minimum absolute atomic E-state index is 0.242. The fourth-order valence-electron chi connectivity index (χ4n) is 3.58. The largest absolute Gasteiger partial charge is 0.461 e. The Morgan fingerprint density at radius 2 is 1.62 bits per heavy atom. The van der Waals surface area contributed by atoms with Crippen LogP contribution in [0.3, 0.4) is 0 Å². The zero-order chi connectivity index (χ0) is 21.2. The van der Waals surface area contributed by atoms with Crippen molar-refractivity contribution in [2.24, 2.45) is 5.92 Å². The first-order chi connectivity index (χ1) is 13.7. The van der Waals surface area contributed by atoms with Gasteiger partial charge >= 0.3 is 5.97 Å². The smallest absolute Gasteiger partial charge is 0.309 e. The zero-order valence-electron chi connectivity index (χ0n) is 17.6. The molecule has 1 saturated heterocycles. The van der Waals surface area contributed by atoms with Gasteiger partial charge in [0.25, 0.3) is 0 Å². The van der Waals surface area contributed by atoms with Crippen LogP contribution in [0.25, 0.3) is 0 Å². The number of esters is 1. The van der Waals surface area contributed by atoms with E-state index in [0.717, 1.165) is 27.8 Å². The number of carbonyl (C=O) groups excluding carboxylic acids is 1. The first-order valence-corrected chi connectivity index (χ1v) is 11.4. The normalized spacial score (nSPS) is 16.0. The average Bonchev–Trinajstić information content (AvgIpc) is 2.70. The topological polar surface area (TPSA) is 63.7 Å². The molecule has 2 aromatic rings. The lowest BCUT2D eigenvalue weighted by Gasteiger charge is -2.30. The summed E-state index contributed by atoms with van der Waals surface area (Å²) in [7, 11) is -3.53. The number of hydrogen-bond donors (Lipinski definition) is 0. The fraction of sp³-hybridized carbons (Fsp3) is 0.435. The summed E-state index contributed by atoms with van der Waals surface area (Å²) in [6, 6.07) is 11.3. The number of nitrogens with zero attached hydrogens (tertiary/aromatic N) is 1. The van der Waals surface area contributed by atoms with Crippen LogP contribution in [0.2, 0.25) is 0 Å². The summed E-state index contributed by atoms with van der Waals surface area (Å²) in [6.07, 6.45) is 0.964. The lowest BCUT2D eigenvalue weighted by Crippen LogP contribution is -2.40. The molecule has 6 heteroatoms. The highest BCUT2D eigenvalue weighted by atomic mass is 32.2. The van der Waals surface area contributed by atoms with Gasteiger partial charge in [-0.25, -0.2) is 8.42 Å². The predicted octanol–water partition coefficient (Wildman–Crippen LogP) is 4.06. The van der Waals surface area contributed by atoms with Gasteiger partial charge in [-0.2, -0.15) is 4.31 Å². The number of hydrogen-bond acceptors (Lipinski definition) is 4. The Morgan fingerprint density at radius 3 is 2.28 bits per heavy atom. The van der Waals surface area contributed by atoms with Crippen LogP contribution >= 0.6 is 0 Å². The molecule has 1 fully saturated rings. The summed E-state index contributed by atoms with van der Waals surface area (Å²) in [4.78, 5) is 12.8. The Labute approximate surface area is 173 Å². The van der Waals surface area contributed by atoms with E-state index >= 15 is 0 Å². The van der Waals surface area contributed by atoms with Gasteiger partial charge in [0.05, 0.1) is 10.8 Å². The first-order valence-electron chi connectivity index (χ1n) is 9.98. The van der Waals surface area contributed by atoms with Gasteiger partial charge < -0.3 is 4.74 Å². The highest BCUT2D eigenvalue weighted by Crippen LogP contribution is 2.26. The molecule has 2 aromatic carbocycles. The third-order valence-corrected chi connectivity index (χ3v) is 7.67. The lowest BCUT2D eigenvalue weighted by molar-refractivity contribution is -0.151. The van der Waals surface area contributed by atoms with Crippen LogP contribution < -0.4 is 0 Å². The molecular weight excluding hydrogens is 386 g/mol. The summed E-state index contributed by atoms with van der Waals surface area (Å²) in [6.45, 7) is 8.80. The molecule has 156 valence electrons. The van der Waals surface area contributed by atoms with E-state index in [2.05, 4.69) is 0 Å². The van der Waals surface area contributed by atoms with E-state index in [9.17, 15) is 13.2 Å². The number of benzene rings is 2. The zero-order valence-corrected chi connectivity index (χ0v) is 18.4. The van der Waals surface area contributed by atoms with Gasteiger partial charge in [-0.15, -0.1) is 0 Å². The summed E-state index contributed by atoms with van der Waals surface area (Å²) in [5.41, 5.74) is 5.25. The van der Waals surface area contributed by atoms with Crippen LogP contribution in [0, 0.1) is 33.6 Å². The highest BCUT2D eigenvalue weighted by Gasteiger charge is 2.33. The van der Waals surface area contributed by atoms with Crippen LogP contribution in [0.4, 0.5) is 0 Å². The van der Waals surface area contributed by atoms with Crippen LogP contribution in [-0.2, 0) is 26.2 Å². The Balaban J connectivity index is 1.58. The molecule has 0 atom stereocenters. The minimum atomic E-state index is -3.53. The van der Waals surface area contributed by atoms with Crippen molar-refractivity contribution >= 4 is 16.0 Å². The highest BCUT2D eigenvalue weighted by molar-refractivity contribution is 7.89. The number of ether oxygens (including phenoxy) is 1. The quantitative estimate of drug-likeness (QED) is 0.691. The molecule has 3 rings (SSSR count). The Hall–Kier alpha value is -2.18. The number of sulfonamides is 1. The third kappa shape index (κ3) is 4.87. The molecule has 0 saturated carbocycles. The minimum Gasteiger partial charge on any atom is -0.461 e. The number of piperidine rings is 1. The van der Waals surface area contributed by atoms with Crippen molar-refractivity contribution in [1.29, 1.82) is 0 Å². The number of aryl methyl sites for hydroxylation is 4. The third-order valence-electron chi connectivity index (χ3n) is 5.78. The molecule has 29 heavy (non-hydrogen) atoms. The van der Waals surface area contributed by atoms with Gasteiger partial charge in [0.15, 0.2) is 0 Å². The van der Waals surface area contributed by atoms with Crippen LogP contribution in [0.5, 0.6) is 0 Å². The monoisotopic (exact) mass is 415 g/mol. The van der Waals surface area contributed by atoms with Crippen molar-refractivity contribution in [3.63, 3.8) is 0 Å². The van der Waals surface area contributed by atoms with Gasteiger partial charge in [-0.1, -0.05) is 29.8 Å². The van der Waals surface area contributed by atoms with E-state index in [4.69, 9.17) is 4.74 Å². The summed E-state index contributed by atoms with van der Waals surface area (Å²) < 4.78 is 32.8. The molecule has 0 aliphatic carbocycles. The molecule has 0 aromatic heterocycles. The molecule has 0 bridgehead atoms. The molecule has 0 radical (unpaired) electrons. The predicted molar refractivity (Wildman–Crippen MR) is 113 cm³/mol. The average molecular weight is 416 g/mol. The van der Waals surface area contributed by atoms with E-state index in [1.165, 1.54) is 4.31 Å². The Bertz CT molecular complexity index is 1010. The van der Waals surface area contributed by atoms with Gasteiger partial charge in [-0.3, -0.25) is 4.79 Å². The van der Waals surface area contributed by atoms with E-state index in [0.29, 0.717) is 30.8 Å². The molecule has 1 heterocycles. The number of rotatable bonds is 5. The molecule has 1 aliphatic heterocycles. The van der Waals surface area contributed by atoms with Crippen molar-refractivity contribution in [2.75, 3.05) is 13.1 Å². The van der Waals surface area contributed by atoms with Crippen molar-refractivity contribution in [3.05, 3.63) is 64.2 Å². The molecule has 1 aliphatic rings. The SMILES string of the molecule is Cc1ccc(C)c(COC(=O)C2CCN(S(=O)(=O)c3ccc(C)c(C)c3)CC2)c1. The Morgan fingerprint density at radius 1 is 0.966 bits per heavy atom. The molecule has 0 spiro atoms. The van der Waals surface area contributed by atoms with Crippen molar-refractivity contribution in [2.45, 2.75) is 52.0 Å². The first kappa shape index (κ1) is 21.5. The van der Waals surface area contributed by atoms with Gasteiger partial charge in [0, 0.05) is 13.1 Å². The Kier molecular flexibility index (Phi) is 6.44. The summed E-state index contributed by atoms with van der Waals surface area (Å²) >= 11 is 0. The molecule has 0 N–H and O–H groups in total. The van der Waals surface area contributed by atoms with Gasteiger partial charge in [0.1, 0.15) is 6.61 Å². The summed E-state index contributed by atoms with van der Waals surface area (Å²) in [5.74, 6) is -0.500. The van der Waals surface area contributed by atoms with Crippen molar-refractivity contribution < 1.29 is 17.9 Å². The second-order valence-corrected chi connectivity index (χ2v) is 9.90. The van der Waals surface area contributed by atoms with Gasteiger partial charge in [-0.05, 0) is 74.9 Å².